The molecule has 136 valence electrons. The SMILES string of the molecule is COc1cc2c(c(OC(C)=O)c1)-c1ccc(OC)c(OC(C)=O)c1CC2. The number of benzene rings is 2. The fourth-order valence-electron chi connectivity index (χ4n) is 3.27. The third-order valence-corrected chi connectivity index (χ3v) is 4.25. The van der Waals surface area contributed by atoms with Gasteiger partial charge in [0.25, 0.3) is 0 Å². The molecule has 3 rings (SSSR count). The van der Waals surface area contributed by atoms with Crippen molar-refractivity contribution in [3.63, 3.8) is 0 Å². The van der Waals surface area contributed by atoms with E-state index in [1.165, 1.54) is 21.0 Å². The molecule has 0 spiro atoms. The molecule has 0 fully saturated rings. The number of hydrogen-bond acceptors (Lipinski definition) is 6. The molecule has 0 bridgehead atoms. The van der Waals surface area contributed by atoms with E-state index in [1.54, 1.807) is 19.2 Å². The van der Waals surface area contributed by atoms with Crippen LogP contribution >= 0.6 is 0 Å². The van der Waals surface area contributed by atoms with Gasteiger partial charge in [0, 0.05) is 31.0 Å². The van der Waals surface area contributed by atoms with Crippen molar-refractivity contribution >= 4 is 11.9 Å². The predicted molar refractivity (Wildman–Crippen MR) is 95.0 cm³/mol. The number of rotatable bonds is 4. The van der Waals surface area contributed by atoms with Crippen molar-refractivity contribution in [3.8, 4) is 34.1 Å². The van der Waals surface area contributed by atoms with Crippen LogP contribution in [-0.4, -0.2) is 26.2 Å². The maximum Gasteiger partial charge on any atom is 0.308 e. The molecular formula is C20H20O6. The molecule has 2 aromatic carbocycles. The van der Waals surface area contributed by atoms with Gasteiger partial charge in [-0.25, -0.2) is 0 Å². The molecule has 1 aliphatic carbocycles. The van der Waals surface area contributed by atoms with Gasteiger partial charge in [0.2, 0.25) is 0 Å². The van der Waals surface area contributed by atoms with Crippen molar-refractivity contribution in [2.24, 2.45) is 0 Å². The molecule has 1 aliphatic rings. The molecule has 0 atom stereocenters. The summed E-state index contributed by atoms with van der Waals surface area (Å²) in [6.45, 7) is 2.71. The lowest BCUT2D eigenvalue weighted by molar-refractivity contribution is -0.132. The first kappa shape index (κ1) is 17.8. The summed E-state index contributed by atoms with van der Waals surface area (Å²) in [4.78, 5) is 23.1. The lowest BCUT2D eigenvalue weighted by Gasteiger charge is -2.25. The molecular weight excluding hydrogens is 336 g/mol. The van der Waals surface area contributed by atoms with Crippen LogP contribution in [-0.2, 0) is 22.4 Å². The summed E-state index contributed by atoms with van der Waals surface area (Å²) in [5, 5.41) is 0. The highest BCUT2D eigenvalue weighted by Crippen LogP contribution is 2.47. The van der Waals surface area contributed by atoms with Gasteiger partial charge in [0.05, 0.1) is 14.2 Å². The van der Waals surface area contributed by atoms with E-state index in [0.29, 0.717) is 35.8 Å². The van der Waals surface area contributed by atoms with Crippen LogP contribution in [0.4, 0.5) is 0 Å². The number of carbonyl (C=O) groups excluding carboxylic acids is 2. The zero-order chi connectivity index (χ0) is 18.8. The van der Waals surface area contributed by atoms with Gasteiger partial charge in [0.15, 0.2) is 11.5 Å². The number of methoxy groups -OCH3 is 2. The summed E-state index contributed by atoms with van der Waals surface area (Å²) in [6, 6.07) is 7.25. The third-order valence-electron chi connectivity index (χ3n) is 4.25. The molecule has 0 aromatic heterocycles. The van der Waals surface area contributed by atoms with E-state index in [2.05, 4.69) is 0 Å². The van der Waals surface area contributed by atoms with Crippen molar-refractivity contribution < 1.29 is 28.5 Å². The zero-order valence-electron chi connectivity index (χ0n) is 15.2. The van der Waals surface area contributed by atoms with Gasteiger partial charge in [-0.15, -0.1) is 0 Å². The lowest BCUT2D eigenvalue weighted by atomic mass is 9.84. The number of fused-ring (bicyclic) bond motifs is 3. The smallest absolute Gasteiger partial charge is 0.308 e. The molecule has 0 radical (unpaired) electrons. The van der Waals surface area contributed by atoms with Gasteiger partial charge in [-0.05, 0) is 42.2 Å². The Morgan fingerprint density at radius 1 is 0.885 bits per heavy atom. The number of esters is 2. The number of ether oxygens (including phenoxy) is 4. The summed E-state index contributed by atoms with van der Waals surface area (Å²) < 4.78 is 21.5. The first-order chi connectivity index (χ1) is 12.4. The first-order valence-corrected chi connectivity index (χ1v) is 8.22. The summed E-state index contributed by atoms with van der Waals surface area (Å²) in [6.07, 6.45) is 1.35. The highest BCUT2D eigenvalue weighted by atomic mass is 16.6. The minimum absolute atomic E-state index is 0.410. The maximum absolute atomic E-state index is 11.6. The van der Waals surface area contributed by atoms with E-state index < -0.39 is 11.9 Å². The lowest BCUT2D eigenvalue weighted by Crippen LogP contribution is -2.12. The van der Waals surface area contributed by atoms with Gasteiger partial charge in [-0.1, -0.05) is 0 Å². The number of aryl methyl sites for hydroxylation is 1. The second kappa shape index (κ2) is 7.07. The molecule has 0 aliphatic heterocycles. The Morgan fingerprint density at radius 3 is 2.23 bits per heavy atom. The predicted octanol–water partition coefficient (Wildman–Crippen LogP) is 3.32. The van der Waals surface area contributed by atoms with Gasteiger partial charge >= 0.3 is 11.9 Å². The minimum atomic E-state index is -0.419. The van der Waals surface area contributed by atoms with E-state index in [0.717, 1.165) is 22.3 Å². The van der Waals surface area contributed by atoms with Crippen molar-refractivity contribution in [2.75, 3.05) is 14.2 Å². The summed E-state index contributed by atoms with van der Waals surface area (Å²) in [5.74, 6) is 1.11. The van der Waals surface area contributed by atoms with E-state index in [1.807, 2.05) is 12.1 Å². The second-order valence-corrected chi connectivity index (χ2v) is 5.97. The second-order valence-electron chi connectivity index (χ2n) is 5.97. The molecule has 0 amide bonds. The molecule has 2 aromatic rings. The Bertz CT molecular complexity index is 884. The van der Waals surface area contributed by atoms with E-state index >= 15 is 0 Å². The highest BCUT2D eigenvalue weighted by Gasteiger charge is 2.27. The Balaban J connectivity index is 2.25. The molecule has 0 saturated heterocycles. The normalized spacial score (nSPS) is 11.8. The van der Waals surface area contributed by atoms with Crippen LogP contribution in [0.2, 0.25) is 0 Å². The van der Waals surface area contributed by atoms with Crippen LogP contribution < -0.4 is 18.9 Å². The maximum atomic E-state index is 11.6. The fraction of sp³-hybridized carbons (Fsp3) is 0.300. The molecule has 0 heterocycles. The standard InChI is InChI=1S/C20H20O6/c1-11(21)25-18-10-14(23-3)9-13-5-6-16-15(19(13)18)7-8-17(24-4)20(16)26-12(2)22/h7-10H,5-6H2,1-4H3. The summed E-state index contributed by atoms with van der Waals surface area (Å²) in [7, 11) is 3.10. The molecule has 0 N–H and O–H groups in total. The van der Waals surface area contributed by atoms with Gasteiger partial charge < -0.3 is 18.9 Å². The van der Waals surface area contributed by atoms with Gasteiger partial charge in [-0.2, -0.15) is 0 Å². The van der Waals surface area contributed by atoms with E-state index in [-0.39, 0.29) is 0 Å². The van der Waals surface area contributed by atoms with Crippen LogP contribution in [0.25, 0.3) is 11.1 Å². The van der Waals surface area contributed by atoms with Crippen LogP contribution in [0.3, 0.4) is 0 Å². The zero-order valence-corrected chi connectivity index (χ0v) is 15.2. The number of hydrogen-bond donors (Lipinski definition) is 0. The third kappa shape index (κ3) is 3.22. The van der Waals surface area contributed by atoms with Gasteiger partial charge in [-0.3, -0.25) is 9.59 Å². The monoisotopic (exact) mass is 356 g/mol. The Morgan fingerprint density at radius 2 is 1.62 bits per heavy atom. The van der Waals surface area contributed by atoms with Crippen molar-refractivity contribution in [2.45, 2.75) is 26.7 Å². The average Bonchev–Trinajstić information content (AvgIpc) is 2.60. The van der Waals surface area contributed by atoms with Crippen LogP contribution in [0.15, 0.2) is 24.3 Å². The van der Waals surface area contributed by atoms with Crippen molar-refractivity contribution in [3.05, 3.63) is 35.4 Å². The number of carbonyl (C=O) groups is 2. The van der Waals surface area contributed by atoms with E-state index in [4.69, 9.17) is 18.9 Å². The molecule has 26 heavy (non-hydrogen) atoms. The average molecular weight is 356 g/mol. The Kier molecular flexibility index (Phi) is 4.84. The summed E-state index contributed by atoms with van der Waals surface area (Å²) >= 11 is 0. The first-order valence-electron chi connectivity index (χ1n) is 8.22. The van der Waals surface area contributed by atoms with Crippen molar-refractivity contribution in [1.82, 2.24) is 0 Å². The summed E-state index contributed by atoms with van der Waals surface area (Å²) in [5.41, 5.74) is 3.51. The van der Waals surface area contributed by atoms with Crippen LogP contribution in [0.5, 0.6) is 23.0 Å². The van der Waals surface area contributed by atoms with Gasteiger partial charge in [0.1, 0.15) is 11.5 Å². The fourth-order valence-corrected chi connectivity index (χ4v) is 3.27. The quantitative estimate of drug-likeness (QED) is 0.618. The van der Waals surface area contributed by atoms with Crippen LogP contribution in [0, 0.1) is 0 Å². The molecule has 6 nitrogen and oxygen atoms in total. The van der Waals surface area contributed by atoms with Crippen molar-refractivity contribution in [1.29, 1.82) is 0 Å². The highest BCUT2D eigenvalue weighted by molar-refractivity contribution is 5.85. The topological polar surface area (TPSA) is 71.1 Å². The molecule has 6 heteroatoms. The minimum Gasteiger partial charge on any atom is -0.497 e. The van der Waals surface area contributed by atoms with Crippen LogP contribution in [0.1, 0.15) is 25.0 Å². The largest absolute Gasteiger partial charge is 0.497 e. The molecule has 0 saturated carbocycles. The Hall–Kier alpha value is -3.02. The Labute approximate surface area is 151 Å². The molecule has 0 unspecified atom stereocenters. The van der Waals surface area contributed by atoms with E-state index in [9.17, 15) is 9.59 Å².